The average molecular weight is 409 g/mol. The summed E-state index contributed by atoms with van der Waals surface area (Å²) >= 11 is 0. The normalized spacial score (nSPS) is 10.9. The first-order valence-corrected chi connectivity index (χ1v) is 10.3. The summed E-state index contributed by atoms with van der Waals surface area (Å²) in [7, 11) is 0. The molecule has 154 valence electrons. The van der Waals surface area contributed by atoms with Crippen LogP contribution in [-0.2, 0) is 6.54 Å². The van der Waals surface area contributed by atoms with E-state index >= 15 is 0 Å². The topological polar surface area (TPSA) is 44.1 Å². The van der Waals surface area contributed by atoms with E-state index in [0.717, 1.165) is 22.0 Å². The monoisotopic (exact) mass is 408 g/mol. The van der Waals surface area contributed by atoms with Crippen LogP contribution in [0.1, 0.15) is 30.9 Å². The van der Waals surface area contributed by atoms with Gasteiger partial charge in [0.05, 0.1) is 17.8 Å². The van der Waals surface area contributed by atoms with Crippen molar-refractivity contribution in [1.29, 1.82) is 0 Å². The number of nitrogens with zero attached hydrogens (tertiary/aromatic N) is 2. The van der Waals surface area contributed by atoms with Crippen molar-refractivity contribution in [3.8, 4) is 29.4 Å². The van der Waals surface area contributed by atoms with Crippen molar-refractivity contribution in [2.75, 3.05) is 6.61 Å². The summed E-state index contributed by atoms with van der Waals surface area (Å²) in [4.78, 5) is 17.5. The Labute approximate surface area is 182 Å². The molecule has 0 spiro atoms. The third kappa shape index (κ3) is 4.36. The Morgan fingerprint density at radius 3 is 2.45 bits per heavy atom. The van der Waals surface area contributed by atoms with Gasteiger partial charge in [0.1, 0.15) is 12.4 Å². The molecule has 4 nitrogen and oxygen atoms in total. The molecular formula is C27H24N2O2. The fraction of sp³-hybridized carbons (Fsp3) is 0.185. The summed E-state index contributed by atoms with van der Waals surface area (Å²) in [6, 6.07) is 23.8. The van der Waals surface area contributed by atoms with Crippen LogP contribution >= 0.6 is 0 Å². The second-order valence-electron chi connectivity index (χ2n) is 7.76. The van der Waals surface area contributed by atoms with E-state index in [1.807, 2.05) is 60.7 Å². The number of hydrogen-bond acceptors (Lipinski definition) is 3. The van der Waals surface area contributed by atoms with Gasteiger partial charge in [-0.05, 0) is 35.2 Å². The molecule has 0 fully saturated rings. The van der Waals surface area contributed by atoms with Crippen molar-refractivity contribution in [1.82, 2.24) is 9.55 Å². The Balaban J connectivity index is 1.89. The van der Waals surface area contributed by atoms with Crippen LogP contribution in [0.4, 0.5) is 0 Å². The fourth-order valence-corrected chi connectivity index (χ4v) is 3.64. The van der Waals surface area contributed by atoms with Crippen molar-refractivity contribution >= 4 is 10.9 Å². The van der Waals surface area contributed by atoms with Gasteiger partial charge in [0.15, 0.2) is 0 Å². The van der Waals surface area contributed by atoms with Gasteiger partial charge in [0.25, 0.3) is 0 Å². The number of benzene rings is 3. The lowest BCUT2D eigenvalue weighted by Gasteiger charge is -2.15. The van der Waals surface area contributed by atoms with Crippen molar-refractivity contribution in [3.05, 3.63) is 94.4 Å². The summed E-state index contributed by atoms with van der Waals surface area (Å²) in [5.41, 5.74) is 4.34. The first-order chi connectivity index (χ1) is 15.1. The number of terminal acetylenes is 1. The molecule has 0 atom stereocenters. The van der Waals surface area contributed by atoms with Crippen LogP contribution in [0.2, 0.25) is 0 Å². The zero-order chi connectivity index (χ0) is 21.8. The molecule has 0 unspecified atom stereocenters. The summed E-state index contributed by atoms with van der Waals surface area (Å²) in [6.45, 7) is 4.94. The molecule has 0 aliphatic rings. The molecule has 4 heteroatoms. The van der Waals surface area contributed by atoms with Gasteiger partial charge in [-0.3, -0.25) is 4.57 Å². The minimum Gasteiger partial charge on any atom is -0.481 e. The van der Waals surface area contributed by atoms with Crippen molar-refractivity contribution in [2.45, 2.75) is 26.3 Å². The van der Waals surface area contributed by atoms with Crippen LogP contribution in [0.15, 0.2) is 77.6 Å². The number of hydrogen-bond donors (Lipinski definition) is 0. The van der Waals surface area contributed by atoms with Crippen LogP contribution < -0.4 is 10.4 Å². The molecule has 0 bridgehead atoms. The number of aromatic nitrogens is 2. The van der Waals surface area contributed by atoms with Crippen molar-refractivity contribution in [2.24, 2.45) is 0 Å². The minimum atomic E-state index is -0.281. The molecule has 0 aliphatic carbocycles. The van der Waals surface area contributed by atoms with E-state index in [2.05, 4.69) is 36.9 Å². The quantitative estimate of drug-likeness (QED) is 0.410. The van der Waals surface area contributed by atoms with Gasteiger partial charge in [-0.2, -0.15) is 4.98 Å². The summed E-state index contributed by atoms with van der Waals surface area (Å²) in [5.74, 6) is 3.57. The lowest BCUT2D eigenvalue weighted by Crippen LogP contribution is -2.24. The standard InChI is InChI=1S/C27H24N2O2/c1-4-16-31-23-14-15-25-24(17-23)26(22-12-10-21(11-13-22)19(2)3)28-27(30)29(25)18-20-8-6-5-7-9-20/h1,5-15,17,19H,16,18H2,2-3H3. The van der Waals surface area contributed by atoms with E-state index in [1.54, 1.807) is 4.57 Å². The zero-order valence-corrected chi connectivity index (χ0v) is 17.7. The van der Waals surface area contributed by atoms with E-state index in [0.29, 0.717) is 23.9 Å². The SMILES string of the molecule is C#CCOc1ccc2c(c1)c(-c1ccc(C(C)C)cc1)nc(=O)n2Cc1ccccc1. The lowest BCUT2D eigenvalue weighted by molar-refractivity contribution is 0.371. The molecule has 4 rings (SSSR count). The Hall–Kier alpha value is -3.84. The third-order valence-electron chi connectivity index (χ3n) is 5.31. The second-order valence-corrected chi connectivity index (χ2v) is 7.76. The molecule has 3 aromatic carbocycles. The maximum absolute atomic E-state index is 13.1. The first-order valence-electron chi connectivity index (χ1n) is 10.3. The molecule has 0 saturated carbocycles. The summed E-state index contributed by atoms with van der Waals surface area (Å²) in [5, 5.41) is 0.849. The largest absolute Gasteiger partial charge is 0.481 e. The molecule has 0 amide bonds. The Morgan fingerprint density at radius 2 is 1.77 bits per heavy atom. The van der Waals surface area contributed by atoms with Crippen molar-refractivity contribution < 1.29 is 4.74 Å². The Kier molecular flexibility index (Phi) is 5.86. The van der Waals surface area contributed by atoms with E-state index in [1.165, 1.54) is 5.56 Å². The number of fused-ring (bicyclic) bond motifs is 1. The van der Waals surface area contributed by atoms with E-state index in [-0.39, 0.29) is 12.3 Å². The lowest BCUT2D eigenvalue weighted by atomic mass is 9.99. The molecule has 31 heavy (non-hydrogen) atoms. The van der Waals surface area contributed by atoms with Crippen molar-refractivity contribution in [3.63, 3.8) is 0 Å². The van der Waals surface area contributed by atoms with E-state index < -0.39 is 0 Å². The highest BCUT2D eigenvalue weighted by Gasteiger charge is 2.14. The predicted octanol–water partition coefficient (Wildman–Crippen LogP) is 5.25. The third-order valence-corrected chi connectivity index (χ3v) is 5.31. The van der Waals surface area contributed by atoms with E-state index in [4.69, 9.17) is 11.2 Å². The highest BCUT2D eigenvalue weighted by molar-refractivity contribution is 5.93. The van der Waals surface area contributed by atoms with E-state index in [9.17, 15) is 4.79 Å². The molecule has 1 heterocycles. The van der Waals surface area contributed by atoms with Crippen LogP contribution in [0.25, 0.3) is 22.2 Å². The maximum Gasteiger partial charge on any atom is 0.348 e. The zero-order valence-electron chi connectivity index (χ0n) is 17.7. The van der Waals surface area contributed by atoms with Gasteiger partial charge >= 0.3 is 5.69 Å². The molecule has 0 aliphatic heterocycles. The van der Waals surface area contributed by atoms with Gasteiger partial charge < -0.3 is 4.74 Å². The Bertz CT molecular complexity index is 1300. The molecule has 1 aromatic heterocycles. The maximum atomic E-state index is 13.1. The van der Waals surface area contributed by atoms with Gasteiger partial charge in [-0.1, -0.05) is 74.4 Å². The first kappa shape index (κ1) is 20.4. The number of rotatable bonds is 6. The molecule has 4 aromatic rings. The van der Waals surface area contributed by atoms with Crippen LogP contribution in [-0.4, -0.2) is 16.2 Å². The highest BCUT2D eigenvalue weighted by Crippen LogP contribution is 2.30. The predicted molar refractivity (Wildman–Crippen MR) is 125 cm³/mol. The van der Waals surface area contributed by atoms with Gasteiger partial charge in [0, 0.05) is 10.9 Å². The highest BCUT2D eigenvalue weighted by atomic mass is 16.5. The summed E-state index contributed by atoms with van der Waals surface area (Å²) < 4.78 is 7.34. The van der Waals surface area contributed by atoms with Gasteiger partial charge in [-0.25, -0.2) is 4.79 Å². The second kappa shape index (κ2) is 8.89. The smallest absolute Gasteiger partial charge is 0.348 e. The molecular weight excluding hydrogens is 384 g/mol. The van der Waals surface area contributed by atoms with Crippen LogP contribution in [0, 0.1) is 12.3 Å². The fourth-order valence-electron chi connectivity index (χ4n) is 3.64. The minimum absolute atomic E-state index is 0.182. The van der Waals surface area contributed by atoms with Gasteiger partial charge in [-0.15, -0.1) is 6.42 Å². The summed E-state index contributed by atoms with van der Waals surface area (Å²) in [6.07, 6.45) is 5.35. The Morgan fingerprint density at radius 1 is 1.03 bits per heavy atom. The number of ether oxygens (including phenoxy) is 1. The van der Waals surface area contributed by atoms with Gasteiger partial charge in [0.2, 0.25) is 0 Å². The van der Waals surface area contributed by atoms with Crippen LogP contribution in [0.5, 0.6) is 5.75 Å². The average Bonchev–Trinajstić information content (AvgIpc) is 2.80. The molecule has 0 saturated heterocycles. The molecule has 0 N–H and O–H groups in total. The van der Waals surface area contributed by atoms with Crippen LogP contribution in [0.3, 0.4) is 0 Å². The molecule has 0 radical (unpaired) electrons.